The van der Waals surface area contributed by atoms with Crippen LogP contribution in [0.5, 0.6) is 0 Å². The monoisotopic (exact) mass is 446 g/mol. The van der Waals surface area contributed by atoms with Crippen LogP contribution in [0.2, 0.25) is 0 Å². The summed E-state index contributed by atoms with van der Waals surface area (Å²) in [5.74, 6) is -1.74. The van der Waals surface area contributed by atoms with Crippen LogP contribution in [-0.4, -0.2) is 46.8 Å². The fourth-order valence-electron chi connectivity index (χ4n) is 3.74. The van der Waals surface area contributed by atoms with Gasteiger partial charge in [0, 0.05) is 6.54 Å². The predicted molar refractivity (Wildman–Crippen MR) is 116 cm³/mol. The number of halogens is 2. The van der Waals surface area contributed by atoms with E-state index < -0.39 is 41.3 Å². The Morgan fingerprint density at radius 1 is 1.16 bits per heavy atom. The van der Waals surface area contributed by atoms with Gasteiger partial charge in [0.25, 0.3) is 0 Å². The highest BCUT2D eigenvalue weighted by Crippen LogP contribution is 2.28. The molecule has 2 atom stereocenters. The number of amides is 2. The average Bonchev–Trinajstić information content (AvgIpc) is 3.21. The number of carbonyl (C=O) groups is 2. The topological polar surface area (TPSA) is 78.9 Å². The zero-order valence-electron chi connectivity index (χ0n) is 18.4. The first kappa shape index (κ1) is 23.7. The van der Waals surface area contributed by atoms with Crippen molar-refractivity contribution in [3.63, 3.8) is 0 Å². The summed E-state index contributed by atoms with van der Waals surface area (Å²) in [6.45, 7) is 5.32. The minimum Gasteiger partial charge on any atom is -0.444 e. The molecule has 1 aliphatic rings. The molecular formula is C24H28F2N2O4. The van der Waals surface area contributed by atoms with E-state index in [0.29, 0.717) is 30.5 Å². The number of ether oxygens (including phenoxy) is 1. The molecule has 0 radical (unpaired) electrons. The first-order valence-electron chi connectivity index (χ1n) is 10.6. The normalized spacial score (nSPS) is 17.2. The molecule has 1 heterocycles. The standard InChI is InChI=1S/C24H28F2N2O4/c1-24(2,3)32-23(31)28-13-5-8-20(28)22(30)27-19(14-29)15-9-11-16(12-10-15)21-17(25)6-4-7-18(21)26/h4,6-7,9-12,19-20,29H,5,8,13-14H2,1-3H3,(H,27,30). The summed E-state index contributed by atoms with van der Waals surface area (Å²) in [5, 5.41) is 12.6. The van der Waals surface area contributed by atoms with Crippen molar-refractivity contribution in [2.24, 2.45) is 0 Å². The predicted octanol–water partition coefficient (Wildman–Crippen LogP) is 4.18. The molecule has 2 aromatic carbocycles. The Labute approximate surface area is 186 Å². The summed E-state index contributed by atoms with van der Waals surface area (Å²) in [4.78, 5) is 26.7. The molecular weight excluding hydrogens is 418 g/mol. The van der Waals surface area contributed by atoms with Gasteiger partial charge in [-0.05, 0) is 56.9 Å². The van der Waals surface area contributed by atoms with Gasteiger partial charge in [-0.1, -0.05) is 30.3 Å². The number of likely N-dealkylation sites (tertiary alicyclic amines) is 1. The minimum atomic E-state index is -0.733. The largest absolute Gasteiger partial charge is 0.444 e. The summed E-state index contributed by atoms with van der Waals surface area (Å²) >= 11 is 0. The lowest BCUT2D eigenvalue weighted by Gasteiger charge is -2.29. The molecule has 32 heavy (non-hydrogen) atoms. The van der Waals surface area contributed by atoms with Crippen molar-refractivity contribution >= 4 is 12.0 Å². The molecule has 172 valence electrons. The van der Waals surface area contributed by atoms with E-state index >= 15 is 0 Å². The van der Waals surface area contributed by atoms with Crippen molar-refractivity contribution in [1.29, 1.82) is 0 Å². The zero-order valence-corrected chi connectivity index (χ0v) is 18.4. The number of nitrogens with one attached hydrogen (secondary N) is 1. The highest BCUT2D eigenvalue weighted by molar-refractivity contribution is 5.86. The van der Waals surface area contributed by atoms with Crippen LogP contribution in [0.3, 0.4) is 0 Å². The third-order valence-electron chi connectivity index (χ3n) is 5.25. The SMILES string of the molecule is CC(C)(C)OC(=O)N1CCCC1C(=O)NC(CO)c1ccc(-c2c(F)cccc2F)cc1. The number of carbonyl (C=O) groups excluding carboxylic acids is 2. The fourth-order valence-corrected chi connectivity index (χ4v) is 3.74. The van der Waals surface area contributed by atoms with E-state index in [1.54, 1.807) is 32.9 Å². The Balaban J connectivity index is 1.72. The number of benzene rings is 2. The van der Waals surface area contributed by atoms with Crippen molar-refractivity contribution in [3.05, 3.63) is 59.7 Å². The number of nitrogens with zero attached hydrogens (tertiary/aromatic N) is 1. The van der Waals surface area contributed by atoms with Gasteiger partial charge in [-0.3, -0.25) is 9.69 Å². The summed E-state index contributed by atoms with van der Waals surface area (Å²) in [5.41, 5.74) is 0.110. The zero-order chi connectivity index (χ0) is 23.5. The Kier molecular flexibility index (Phi) is 7.13. The Morgan fingerprint density at radius 3 is 2.34 bits per heavy atom. The van der Waals surface area contributed by atoms with Gasteiger partial charge in [-0.25, -0.2) is 13.6 Å². The van der Waals surface area contributed by atoms with E-state index in [9.17, 15) is 23.5 Å². The maximum Gasteiger partial charge on any atom is 0.410 e. The summed E-state index contributed by atoms with van der Waals surface area (Å²) in [6, 6.07) is 8.51. The van der Waals surface area contributed by atoms with E-state index in [2.05, 4.69) is 5.32 Å². The van der Waals surface area contributed by atoms with Crippen molar-refractivity contribution in [2.45, 2.75) is 51.3 Å². The average molecular weight is 446 g/mol. The van der Waals surface area contributed by atoms with Crippen molar-refractivity contribution < 1.29 is 28.2 Å². The van der Waals surface area contributed by atoms with E-state index in [4.69, 9.17) is 4.74 Å². The summed E-state index contributed by atoms with van der Waals surface area (Å²) < 4.78 is 33.5. The lowest BCUT2D eigenvalue weighted by molar-refractivity contribution is -0.126. The van der Waals surface area contributed by atoms with Crippen LogP contribution in [0.15, 0.2) is 42.5 Å². The van der Waals surface area contributed by atoms with E-state index in [0.717, 1.165) is 0 Å². The second kappa shape index (κ2) is 9.65. The van der Waals surface area contributed by atoms with Crippen molar-refractivity contribution in [2.75, 3.05) is 13.2 Å². The molecule has 0 spiro atoms. The number of hydrogen-bond acceptors (Lipinski definition) is 4. The van der Waals surface area contributed by atoms with Crippen LogP contribution in [0.1, 0.15) is 45.2 Å². The molecule has 3 rings (SSSR count). The van der Waals surface area contributed by atoms with Crippen LogP contribution < -0.4 is 5.32 Å². The third-order valence-corrected chi connectivity index (χ3v) is 5.25. The van der Waals surface area contributed by atoms with Gasteiger partial charge in [0.1, 0.15) is 23.3 Å². The van der Waals surface area contributed by atoms with Gasteiger partial charge in [0.2, 0.25) is 5.91 Å². The number of aliphatic hydroxyl groups is 1. The lowest BCUT2D eigenvalue weighted by atomic mass is 10.00. The van der Waals surface area contributed by atoms with Gasteiger partial charge >= 0.3 is 6.09 Å². The maximum absolute atomic E-state index is 14.0. The molecule has 0 saturated carbocycles. The molecule has 8 heteroatoms. The Morgan fingerprint density at radius 2 is 1.78 bits per heavy atom. The quantitative estimate of drug-likeness (QED) is 0.722. The summed E-state index contributed by atoms with van der Waals surface area (Å²) in [7, 11) is 0. The molecule has 2 aromatic rings. The second-order valence-corrected chi connectivity index (χ2v) is 8.79. The Hall–Kier alpha value is -3.00. The number of hydrogen-bond donors (Lipinski definition) is 2. The van der Waals surface area contributed by atoms with Crippen LogP contribution >= 0.6 is 0 Å². The van der Waals surface area contributed by atoms with Crippen LogP contribution in [0, 0.1) is 11.6 Å². The highest BCUT2D eigenvalue weighted by atomic mass is 19.1. The number of aliphatic hydroxyl groups excluding tert-OH is 1. The van der Waals surface area contributed by atoms with E-state index in [1.165, 1.54) is 35.2 Å². The van der Waals surface area contributed by atoms with Gasteiger partial charge < -0.3 is 15.2 Å². The van der Waals surface area contributed by atoms with Crippen LogP contribution in [0.25, 0.3) is 11.1 Å². The van der Waals surface area contributed by atoms with E-state index in [1.807, 2.05) is 0 Å². The number of rotatable bonds is 5. The van der Waals surface area contributed by atoms with Gasteiger partial charge in [-0.2, -0.15) is 0 Å². The van der Waals surface area contributed by atoms with Gasteiger partial charge in [0.05, 0.1) is 18.2 Å². The molecule has 2 N–H and O–H groups in total. The molecule has 2 unspecified atom stereocenters. The fraction of sp³-hybridized carbons (Fsp3) is 0.417. The maximum atomic E-state index is 14.0. The summed E-state index contributed by atoms with van der Waals surface area (Å²) in [6.07, 6.45) is 0.616. The molecule has 1 saturated heterocycles. The minimum absolute atomic E-state index is 0.136. The van der Waals surface area contributed by atoms with Crippen molar-refractivity contribution in [3.8, 4) is 11.1 Å². The van der Waals surface area contributed by atoms with Gasteiger partial charge in [0.15, 0.2) is 0 Å². The lowest BCUT2D eigenvalue weighted by Crippen LogP contribution is -2.48. The highest BCUT2D eigenvalue weighted by Gasteiger charge is 2.37. The molecule has 1 fully saturated rings. The van der Waals surface area contributed by atoms with Crippen molar-refractivity contribution in [1.82, 2.24) is 10.2 Å². The van der Waals surface area contributed by atoms with Crippen LogP contribution in [-0.2, 0) is 9.53 Å². The second-order valence-electron chi connectivity index (χ2n) is 8.79. The smallest absolute Gasteiger partial charge is 0.410 e. The molecule has 0 aliphatic carbocycles. The molecule has 1 aliphatic heterocycles. The van der Waals surface area contributed by atoms with Gasteiger partial charge in [-0.15, -0.1) is 0 Å². The molecule has 0 bridgehead atoms. The molecule has 2 amide bonds. The van der Waals surface area contributed by atoms with E-state index in [-0.39, 0.29) is 12.2 Å². The molecule has 6 nitrogen and oxygen atoms in total. The third kappa shape index (κ3) is 5.43. The first-order valence-corrected chi connectivity index (χ1v) is 10.6. The first-order chi connectivity index (χ1) is 15.1. The Bertz CT molecular complexity index is 953. The van der Waals surface area contributed by atoms with Crippen LogP contribution in [0.4, 0.5) is 13.6 Å². The molecule has 0 aromatic heterocycles.